The SMILES string of the molecule is CCNc1nc(NC(C)(C)C)nc(SC)n1.c1ncncn1. The Morgan fingerprint density at radius 1 is 0.955 bits per heavy atom. The molecule has 9 heteroatoms. The van der Waals surface area contributed by atoms with Crippen LogP contribution < -0.4 is 10.6 Å². The fraction of sp³-hybridized carbons (Fsp3) is 0.538. The highest BCUT2D eigenvalue weighted by atomic mass is 32.2. The number of rotatable bonds is 4. The molecule has 0 amide bonds. The van der Waals surface area contributed by atoms with Crippen molar-refractivity contribution in [1.82, 2.24) is 29.9 Å². The summed E-state index contributed by atoms with van der Waals surface area (Å²) in [5.74, 6) is 1.23. The van der Waals surface area contributed by atoms with Gasteiger partial charge in [0.05, 0.1) is 0 Å². The van der Waals surface area contributed by atoms with Crippen LogP contribution in [0.5, 0.6) is 0 Å². The van der Waals surface area contributed by atoms with E-state index in [1.54, 1.807) is 0 Å². The maximum atomic E-state index is 4.31. The van der Waals surface area contributed by atoms with E-state index in [4.69, 9.17) is 0 Å². The topological polar surface area (TPSA) is 101 Å². The Hall–Kier alpha value is -2.03. The molecule has 2 aromatic rings. The standard InChI is InChI=1S/C10H19N5S.C3H3N3/c1-6-11-7-12-8(15-10(2,3)4)14-9(13-7)16-5;1-4-2-6-3-5-1/h6H2,1-5H3,(H2,11,12,13,14,15);1-3H. The molecule has 0 aliphatic carbocycles. The summed E-state index contributed by atoms with van der Waals surface area (Å²) in [6.07, 6.45) is 6.26. The van der Waals surface area contributed by atoms with Crippen LogP contribution in [0.2, 0.25) is 0 Å². The van der Waals surface area contributed by atoms with E-state index in [9.17, 15) is 0 Å². The number of anilines is 2. The zero-order chi connectivity index (χ0) is 16.4. The molecule has 2 rings (SSSR count). The molecule has 2 N–H and O–H groups in total. The van der Waals surface area contributed by atoms with Gasteiger partial charge in [-0.05, 0) is 34.0 Å². The van der Waals surface area contributed by atoms with E-state index in [1.165, 1.54) is 30.7 Å². The van der Waals surface area contributed by atoms with Gasteiger partial charge in [0, 0.05) is 12.1 Å². The number of hydrogen-bond acceptors (Lipinski definition) is 9. The minimum absolute atomic E-state index is 0.0550. The van der Waals surface area contributed by atoms with E-state index >= 15 is 0 Å². The van der Waals surface area contributed by atoms with Gasteiger partial charge in [0.15, 0.2) is 5.16 Å². The largest absolute Gasteiger partial charge is 0.354 e. The molecular formula is C13H22N8S. The third-order valence-corrected chi connectivity index (χ3v) is 2.57. The van der Waals surface area contributed by atoms with Crippen LogP contribution in [0.4, 0.5) is 11.9 Å². The summed E-state index contributed by atoms with van der Waals surface area (Å²) in [5, 5.41) is 7.05. The number of thioether (sulfide) groups is 1. The Labute approximate surface area is 135 Å². The van der Waals surface area contributed by atoms with E-state index in [1.807, 2.05) is 13.2 Å². The van der Waals surface area contributed by atoms with Crippen molar-refractivity contribution in [3.8, 4) is 0 Å². The maximum Gasteiger partial charge on any atom is 0.228 e. The highest BCUT2D eigenvalue weighted by Gasteiger charge is 2.13. The van der Waals surface area contributed by atoms with Gasteiger partial charge in [-0.1, -0.05) is 11.8 Å². The summed E-state index contributed by atoms with van der Waals surface area (Å²) in [6.45, 7) is 9.03. The Morgan fingerprint density at radius 2 is 1.50 bits per heavy atom. The summed E-state index contributed by atoms with van der Waals surface area (Å²) >= 11 is 1.51. The third-order valence-electron chi connectivity index (χ3n) is 2.02. The third kappa shape index (κ3) is 7.67. The van der Waals surface area contributed by atoms with Crippen molar-refractivity contribution in [2.45, 2.75) is 38.4 Å². The fourth-order valence-corrected chi connectivity index (χ4v) is 1.64. The molecule has 0 atom stereocenters. The highest BCUT2D eigenvalue weighted by molar-refractivity contribution is 7.98. The molecule has 0 spiro atoms. The maximum absolute atomic E-state index is 4.31. The lowest BCUT2D eigenvalue weighted by molar-refractivity contribution is 0.622. The van der Waals surface area contributed by atoms with Crippen molar-refractivity contribution in [2.24, 2.45) is 0 Å². The molecule has 120 valence electrons. The van der Waals surface area contributed by atoms with Crippen LogP contribution in [0.1, 0.15) is 27.7 Å². The molecule has 0 unspecified atom stereocenters. The molecule has 0 fully saturated rings. The van der Waals surface area contributed by atoms with Crippen molar-refractivity contribution >= 4 is 23.7 Å². The van der Waals surface area contributed by atoms with Crippen molar-refractivity contribution in [1.29, 1.82) is 0 Å². The van der Waals surface area contributed by atoms with Crippen molar-refractivity contribution in [3.63, 3.8) is 0 Å². The van der Waals surface area contributed by atoms with Gasteiger partial charge in [0.2, 0.25) is 11.9 Å². The minimum atomic E-state index is -0.0550. The van der Waals surface area contributed by atoms with E-state index in [0.29, 0.717) is 11.9 Å². The Kier molecular flexibility index (Phi) is 7.44. The smallest absolute Gasteiger partial charge is 0.228 e. The van der Waals surface area contributed by atoms with Crippen molar-refractivity contribution in [2.75, 3.05) is 23.4 Å². The van der Waals surface area contributed by atoms with Gasteiger partial charge >= 0.3 is 0 Å². The summed E-state index contributed by atoms with van der Waals surface area (Å²) in [7, 11) is 0. The second-order valence-corrected chi connectivity index (χ2v) is 5.94. The second kappa shape index (κ2) is 9.08. The summed E-state index contributed by atoms with van der Waals surface area (Å²) in [5.41, 5.74) is -0.0550. The average Bonchev–Trinajstić information content (AvgIpc) is 2.48. The first-order valence-electron chi connectivity index (χ1n) is 6.81. The van der Waals surface area contributed by atoms with Crippen molar-refractivity contribution < 1.29 is 0 Å². The van der Waals surface area contributed by atoms with Crippen molar-refractivity contribution in [3.05, 3.63) is 19.0 Å². The second-order valence-electron chi connectivity index (χ2n) is 5.17. The fourth-order valence-electron chi connectivity index (χ4n) is 1.28. The lowest BCUT2D eigenvalue weighted by Gasteiger charge is -2.20. The van der Waals surface area contributed by atoms with Crippen LogP contribution in [0.15, 0.2) is 24.1 Å². The van der Waals surface area contributed by atoms with E-state index in [-0.39, 0.29) is 5.54 Å². The van der Waals surface area contributed by atoms with Gasteiger partial charge in [0.25, 0.3) is 0 Å². The van der Waals surface area contributed by atoms with Crippen LogP contribution in [0.25, 0.3) is 0 Å². The first-order valence-corrected chi connectivity index (χ1v) is 8.04. The zero-order valence-corrected chi connectivity index (χ0v) is 14.3. The highest BCUT2D eigenvalue weighted by Crippen LogP contribution is 2.16. The quantitative estimate of drug-likeness (QED) is 0.819. The number of nitrogens with zero attached hydrogens (tertiary/aromatic N) is 6. The molecule has 22 heavy (non-hydrogen) atoms. The number of aromatic nitrogens is 6. The van der Waals surface area contributed by atoms with Gasteiger partial charge in [-0.25, -0.2) is 15.0 Å². The minimum Gasteiger partial charge on any atom is -0.354 e. The molecule has 0 saturated heterocycles. The van der Waals surface area contributed by atoms with Gasteiger partial charge < -0.3 is 10.6 Å². The lowest BCUT2D eigenvalue weighted by Crippen LogP contribution is -2.27. The number of nitrogens with one attached hydrogen (secondary N) is 2. The van der Waals surface area contributed by atoms with Crippen LogP contribution in [-0.4, -0.2) is 48.2 Å². The Balaban J connectivity index is 0.000000335. The van der Waals surface area contributed by atoms with E-state index in [2.05, 4.69) is 61.3 Å². The van der Waals surface area contributed by atoms with E-state index in [0.717, 1.165) is 11.7 Å². The molecule has 2 heterocycles. The molecule has 0 aromatic carbocycles. The lowest BCUT2D eigenvalue weighted by atomic mass is 10.1. The van der Waals surface area contributed by atoms with Crippen LogP contribution in [-0.2, 0) is 0 Å². The first-order chi connectivity index (χ1) is 10.4. The molecule has 0 aliphatic rings. The van der Waals surface area contributed by atoms with Gasteiger partial charge in [-0.15, -0.1) is 0 Å². The Bertz CT molecular complexity index is 517. The first kappa shape index (κ1) is 18.0. The molecule has 0 bridgehead atoms. The monoisotopic (exact) mass is 322 g/mol. The average molecular weight is 322 g/mol. The summed E-state index contributed by atoms with van der Waals surface area (Å²) in [4.78, 5) is 23.6. The molecule has 0 aliphatic heterocycles. The van der Waals surface area contributed by atoms with Crippen LogP contribution in [0, 0.1) is 0 Å². The van der Waals surface area contributed by atoms with Crippen LogP contribution >= 0.6 is 11.8 Å². The van der Waals surface area contributed by atoms with Crippen LogP contribution in [0.3, 0.4) is 0 Å². The molecule has 0 saturated carbocycles. The summed E-state index contributed by atoms with van der Waals surface area (Å²) in [6, 6.07) is 0. The zero-order valence-electron chi connectivity index (χ0n) is 13.5. The molecule has 0 radical (unpaired) electrons. The van der Waals surface area contributed by atoms with Gasteiger partial charge in [0.1, 0.15) is 19.0 Å². The molecule has 2 aromatic heterocycles. The number of hydrogen-bond donors (Lipinski definition) is 2. The molecule has 8 nitrogen and oxygen atoms in total. The van der Waals surface area contributed by atoms with Gasteiger partial charge in [-0.3, -0.25) is 0 Å². The predicted molar refractivity (Wildman–Crippen MR) is 89.0 cm³/mol. The van der Waals surface area contributed by atoms with E-state index < -0.39 is 0 Å². The predicted octanol–water partition coefficient (Wildman–Crippen LogP) is 2.11. The normalized spacial score (nSPS) is 10.4. The summed E-state index contributed by atoms with van der Waals surface area (Å²) < 4.78 is 0. The molecular weight excluding hydrogens is 300 g/mol. The van der Waals surface area contributed by atoms with Gasteiger partial charge in [-0.2, -0.15) is 15.0 Å². The Morgan fingerprint density at radius 3 is 1.91 bits per heavy atom.